The van der Waals surface area contributed by atoms with Crippen molar-refractivity contribution in [3.05, 3.63) is 65.9 Å². The predicted molar refractivity (Wildman–Crippen MR) is 91.0 cm³/mol. The standard InChI is InChI=1S/C19H19NO4/c21-12-6-11-20-19(22)18-16(13-23-14-7-2-1-3-8-14)15-9-4-5-10-17(15)24-18/h1-5,7-10,21H,6,11-13H2,(H,20,22). The van der Waals surface area contributed by atoms with Gasteiger partial charge in [-0.25, -0.2) is 0 Å². The summed E-state index contributed by atoms with van der Waals surface area (Å²) in [6.45, 7) is 0.666. The summed E-state index contributed by atoms with van der Waals surface area (Å²) in [4.78, 5) is 12.4. The Bertz CT molecular complexity index is 811. The SMILES string of the molecule is O=C(NCCCO)c1oc2ccccc2c1COc1ccccc1. The van der Waals surface area contributed by atoms with Gasteiger partial charge in [0.25, 0.3) is 5.91 Å². The van der Waals surface area contributed by atoms with Crippen LogP contribution in [0.4, 0.5) is 0 Å². The van der Waals surface area contributed by atoms with Gasteiger partial charge in [-0.15, -0.1) is 0 Å². The number of hydrogen-bond donors (Lipinski definition) is 2. The third-order valence-electron chi connectivity index (χ3n) is 3.65. The van der Waals surface area contributed by atoms with E-state index in [0.29, 0.717) is 18.5 Å². The molecule has 2 aromatic carbocycles. The number of ether oxygens (including phenoxy) is 1. The van der Waals surface area contributed by atoms with Crippen molar-refractivity contribution in [2.75, 3.05) is 13.2 Å². The quantitative estimate of drug-likeness (QED) is 0.655. The number of aliphatic hydroxyl groups is 1. The van der Waals surface area contributed by atoms with Gasteiger partial charge in [-0.3, -0.25) is 4.79 Å². The highest BCUT2D eigenvalue weighted by Gasteiger charge is 2.20. The van der Waals surface area contributed by atoms with Crippen LogP contribution in [0.15, 0.2) is 59.0 Å². The molecule has 1 heterocycles. The summed E-state index contributed by atoms with van der Waals surface area (Å²) >= 11 is 0. The number of rotatable bonds is 7. The molecule has 0 fully saturated rings. The van der Waals surface area contributed by atoms with E-state index in [-0.39, 0.29) is 24.9 Å². The fourth-order valence-electron chi connectivity index (χ4n) is 2.46. The average Bonchev–Trinajstić information content (AvgIpc) is 3.00. The first kappa shape index (κ1) is 16.1. The molecule has 0 spiro atoms. The van der Waals surface area contributed by atoms with E-state index < -0.39 is 0 Å². The molecule has 0 radical (unpaired) electrons. The number of aliphatic hydroxyl groups excluding tert-OH is 1. The largest absolute Gasteiger partial charge is 0.489 e. The van der Waals surface area contributed by atoms with Gasteiger partial charge in [-0.05, 0) is 24.6 Å². The second-order valence-electron chi connectivity index (χ2n) is 5.34. The van der Waals surface area contributed by atoms with Crippen LogP contribution in [0.1, 0.15) is 22.5 Å². The zero-order valence-corrected chi connectivity index (χ0v) is 13.2. The molecule has 1 amide bonds. The molecule has 3 rings (SSSR count). The van der Waals surface area contributed by atoms with Crippen LogP contribution in [0.2, 0.25) is 0 Å². The fraction of sp³-hybridized carbons (Fsp3) is 0.211. The number of fused-ring (bicyclic) bond motifs is 1. The predicted octanol–water partition coefficient (Wildman–Crippen LogP) is 3.12. The summed E-state index contributed by atoms with van der Waals surface area (Å²) in [6.07, 6.45) is 0.502. The number of benzene rings is 2. The molecule has 0 bridgehead atoms. The molecule has 2 N–H and O–H groups in total. The van der Waals surface area contributed by atoms with Crippen molar-refractivity contribution in [3.8, 4) is 5.75 Å². The molecule has 124 valence electrons. The first-order chi connectivity index (χ1) is 11.8. The molecule has 0 saturated heterocycles. The second-order valence-corrected chi connectivity index (χ2v) is 5.34. The highest BCUT2D eigenvalue weighted by Crippen LogP contribution is 2.27. The summed E-state index contributed by atoms with van der Waals surface area (Å²) in [7, 11) is 0. The summed E-state index contributed by atoms with van der Waals surface area (Å²) in [5.41, 5.74) is 1.37. The van der Waals surface area contributed by atoms with Crippen molar-refractivity contribution >= 4 is 16.9 Å². The summed E-state index contributed by atoms with van der Waals surface area (Å²) < 4.78 is 11.5. The highest BCUT2D eigenvalue weighted by molar-refractivity contribution is 5.99. The maximum Gasteiger partial charge on any atom is 0.287 e. The minimum atomic E-state index is -0.300. The van der Waals surface area contributed by atoms with E-state index in [2.05, 4.69) is 5.32 Å². The van der Waals surface area contributed by atoms with E-state index in [4.69, 9.17) is 14.3 Å². The van der Waals surface area contributed by atoms with Crippen LogP contribution in [0.5, 0.6) is 5.75 Å². The van der Waals surface area contributed by atoms with Gasteiger partial charge in [0.1, 0.15) is 17.9 Å². The molecule has 24 heavy (non-hydrogen) atoms. The van der Waals surface area contributed by atoms with Gasteiger partial charge >= 0.3 is 0 Å². The molecule has 0 saturated carbocycles. The van der Waals surface area contributed by atoms with Crippen LogP contribution in [0.25, 0.3) is 11.0 Å². The molecule has 0 unspecified atom stereocenters. The Kier molecular flexibility index (Phi) is 5.13. The van der Waals surface area contributed by atoms with Crippen LogP contribution in [0, 0.1) is 0 Å². The average molecular weight is 325 g/mol. The van der Waals surface area contributed by atoms with E-state index >= 15 is 0 Å². The van der Waals surface area contributed by atoms with Crippen molar-refractivity contribution in [1.82, 2.24) is 5.32 Å². The van der Waals surface area contributed by atoms with Gasteiger partial charge in [0.2, 0.25) is 0 Å². The van der Waals surface area contributed by atoms with Crippen molar-refractivity contribution in [1.29, 1.82) is 0 Å². The fourth-order valence-corrected chi connectivity index (χ4v) is 2.46. The maximum atomic E-state index is 12.4. The number of carbonyl (C=O) groups excluding carboxylic acids is 1. The van der Waals surface area contributed by atoms with Gasteiger partial charge in [-0.2, -0.15) is 0 Å². The molecule has 0 aliphatic rings. The number of furan rings is 1. The minimum Gasteiger partial charge on any atom is -0.489 e. The van der Waals surface area contributed by atoms with Crippen LogP contribution < -0.4 is 10.1 Å². The lowest BCUT2D eigenvalue weighted by atomic mass is 10.1. The van der Waals surface area contributed by atoms with Crippen molar-refractivity contribution in [3.63, 3.8) is 0 Å². The molecule has 5 heteroatoms. The van der Waals surface area contributed by atoms with Crippen molar-refractivity contribution < 1.29 is 19.1 Å². The van der Waals surface area contributed by atoms with Gasteiger partial charge in [0.05, 0.1) is 0 Å². The molecule has 5 nitrogen and oxygen atoms in total. The van der Waals surface area contributed by atoms with E-state index in [1.165, 1.54) is 0 Å². The zero-order valence-electron chi connectivity index (χ0n) is 13.2. The molecule has 0 aliphatic carbocycles. The molecule has 3 aromatic rings. The minimum absolute atomic E-state index is 0.0321. The normalized spacial score (nSPS) is 10.7. The van der Waals surface area contributed by atoms with E-state index in [1.807, 2.05) is 54.6 Å². The molecule has 1 aromatic heterocycles. The Morgan fingerprint density at radius 3 is 2.62 bits per heavy atom. The topological polar surface area (TPSA) is 71.7 Å². The van der Waals surface area contributed by atoms with Gasteiger partial charge in [0.15, 0.2) is 5.76 Å². The lowest BCUT2D eigenvalue weighted by Gasteiger charge is -2.07. The van der Waals surface area contributed by atoms with E-state index in [0.717, 1.165) is 16.7 Å². The van der Waals surface area contributed by atoms with Gasteiger partial charge in [-0.1, -0.05) is 36.4 Å². The van der Waals surface area contributed by atoms with Crippen molar-refractivity contribution in [2.24, 2.45) is 0 Å². The van der Waals surface area contributed by atoms with Gasteiger partial charge in [0, 0.05) is 24.1 Å². The Hall–Kier alpha value is -2.79. The zero-order chi connectivity index (χ0) is 16.8. The van der Waals surface area contributed by atoms with Crippen LogP contribution in [-0.4, -0.2) is 24.2 Å². The monoisotopic (exact) mass is 325 g/mol. The van der Waals surface area contributed by atoms with Gasteiger partial charge < -0.3 is 19.6 Å². The number of amides is 1. The van der Waals surface area contributed by atoms with Crippen LogP contribution in [-0.2, 0) is 6.61 Å². The first-order valence-electron chi connectivity index (χ1n) is 7.87. The number of para-hydroxylation sites is 2. The maximum absolute atomic E-state index is 12.4. The summed E-state index contributed by atoms with van der Waals surface area (Å²) in [5.74, 6) is 0.686. The lowest BCUT2D eigenvalue weighted by Crippen LogP contribution is -2.25. The highest BCUT2D eigenvalue weighted by atomic mass is 16.5. The third kappa shape index (κ3) is 3.58. The number of carbonyl (C=O) groups is 1. The summed E-state index contributed by atoms with van der Waals surface area (Å²) in [6, 6.07) is 16.9. The molecule has 0 aliphatic heterocycles. The first-order valence-corrected chi connectivity index (χ1v) is 7.87. The Morgan fingerprint density at radius 2 is 1.83 bits per heavy atom. The van der Waals surface area contributed by atoms with E-state index in [9.17, 15) is 4.79 Å². The van der Waals surface area contributed by atoms with Crippen LogP contribution in [0.3, 0.4) is 0 Å². The Morgan fingerprint density at radius 1 is 1.08 bits per heavy atom. The Balaban J connectivity index is 1.86. The number of hydrogen-bond acceptors (Lipinski definition) is 4. The third-order valence-corrected chi connectivity index (χ3v) is 3.65. The number of nitrogens with one attached hydrogen (secondary N) is 1. The second kappa shape index (κ2) is 7.66. The smallest absolute Gasteiger partial charge is 0.287 e. The Labute approximate surface area is 139 Å². The van der Waals surface area contributed by atoms with E-state index in [1.54, 1.807) is 0 Å². The van der Waals surface area contributed by atoms with Crippen molar-refractivity contribution in [2.45, 2.75) is 13.0 Å². The summed E-state index contributed by atoms with van der Waals surface area (Å²) in [5, 5.41) is 12.4. The molecular formula is C19H19NO4. The van der Waals surface area contributed by atoms with Crippen LogP contribution >= 0.6 is 0 Å². The molecule has 0 atom stereocenters. The lowest BCUT2D eigenvalue weighted by molar-refractivity contribution is 0.0922. The molecular weight excluding hydrogens is 306 g/mol.